The summed E-state index contributed by atoms with van der Waals surface area (Å²) in [7, 11) is 0. The molecule has 0 heterocycles. The van der Waals surface area contributed by atoms with Crippen LogP contribution in [-0.2, 0) is 9.59 Å². The van der Waals surface area contributed by atoms with E-state index in [-0.39, 0.29) is 17.6 Å². The van der Waals surface area contributed by atoms with Gasteiger partial charge in [0.05, 0.1) is 11.5 Å². The largest absolute Gasteiger partial charge is 0.392 e. The van der Waals surface area contributed by atoms with Gasteiger partial charge in [-0.3, -0.25) is 9.59 Å². The Morgan fingerprint density at radius 1 is 1.33 bits per heavy atom. The predicted molar refractivity (Wildman–Crippen MR) is 74.1 cm³/mol. The van der Waals surface area contributed by atoms with E-state index in [0.717, 1.165) is 25.7 Å². The highest BCUT2D eigenvalue weighted by atomic mass is 32.1. The van der Waals surface area contributed by atoms with E-state index in [1.54, 1.807) is 4.90 Å². The van der Waals surface area contributed by atoms with Crippen LogP contribution in [0.2, 0.25) is 0 Å². The highest BCUT2D eigenvalue weighted by molar-refractivity contribution is 7.80. The number of hydrogen-bond acceptors (Lipinski definition) is 3. The Hall–Kier alpha value is -1.17. The minimum atomic E-state index is -0.616. The zero-order chi connectivity index (χ0) is 13.5. The van der Waals surface area contributed by atoms with Crippen molar-refractivity contribution < 1.29 is 9.59 Å². The number of carbonyl (C=O) groups is 2. The van der Waals surface area contributed by atoms with Crippen LogP contribution in [0, 0.1) is 0 Å². The van der Waals surface area contributed by atoms with Crippen molar-refractivity contribution in [1.82, 2.24) is 10.2 Å². The lowest BCUT2D eigenvalue weighted by atomic mass is 9.94. The summed E-state index contributed by atoms with van der Waals surface area (Å²) in [6, 6.07) is 0.201. The molecule has 0 bridgehead atoms. The van der Waals surface area contributed by atoms with Crippen molar-refractivity contribution in [3.05, 3.63) is 0 Å². The van der Waals surface area contributed by atoms with Gasteiger partial charge in [-0.25, -0.2) is 0 Å². The van der Waals surface area contributed by atoms with Gasteiger partial charge in [-0.2, -0.15) is 0 Å². The Bertz CT molecular complexity index is 327. The first-order chi connectivity index (χ1) is 8.56. The van der Waals surface area contributed by atoms with Gasteiger partial charge in [-0.1, -0.05) is 31.5 Å². The molecular formula is C12H21N3O2S. The van der Waals surface area contributed by atoms with Crippen molar-refractivity contribution in [2.45, 2.75) is 45.1 Å². The lowest BCUT2D eigenvalue weighted by Crippen LogP contribution is -2.49. The Balaban J connectivity index is 2.54. The lowest BCUT2D eigenvalue weighted by molar-refractivity contribution is -0.147. The Labute approximate surface area is 113 Å². The van der Waals surface area contributed by atoms with Crippen molar-refractivity contribution in [2.75, 3.05) is 13.1 Å². The highest BCUT2D eigenvalue weighted by Crippen LogP contribution is 2.22. The van der Waals surface area contributed by atoms with Crippen LogP contribution < -0.4 is 11.1 Å². The van der Waals surface area contributed by atoms with Crippen molar-refractivity contribution in [3.8, 4) is 0 Å². The van der Waals surface area contributed by atoms with E-state index >= 15 is 0 Å². The summed E-state index contributed by atoms with van der Waals surface area (Å²) in [6.45, 7) is 2.53. The predicted octanol–water partition coefficient (Wildman–Crippen LogP) is 0.570. The van der Waals surface area contributed by atoms with Crippen LogP contribution in [-0.4, -0.2) is 40.8 Å². The third-order valence-corrected chi connectivity index (χ3v) is 3.38. The summed E-state index contributed by atoms with van der Waals surface area (Å²) in [5.41, 5.74) is 5.28. The number of likely N-dealkylation sites (N-methyl/N-ethyl adjacent to an activating group) is 1. The Morgan fingerprint density at radius 2 is 1.94 bits per heavy atom. The first kappa shape index (κ1) is 14.9. The molecule has 0 radical (unpaired) electrons. The van der Waals surface area contributed by atoms with Crippen LogP contribution in [0.4, 0.5) is 0 Å². The molecule has 3 N–H and O–H groups in total. The van der Waals surface area contributed by atoms with Crippen LogP contribution in [0.5, 0.6) is 0 Å². The highest BCUT2D eigenvalue weighted by Gasteiger charge is 2.28. The number of nitrogens with two attached hydrogens (primary N) is 1. The van der Waals surface area contributed by atoms with Crippen molar-refractivity contribution in [3.63, 3.8) is 0 Å². The van der Waals surface area contributed by atoms with Crippen molar-refractivity contribution >= 4 is 29.0 Å². The monoisotopic (exact) mass is 271 g/mol. The fourth-order valence-electron chi connectivity index (χ4n) is 2.33. The summed E-state index contributed by atoms with van der Waals surface area (Å²) >= 11 is 4.66. The summed E-state index contributed by atoms with van der Waals surface area (Å²) in [4.78, 5) is 25.5. The summed E-state index contributed by atoms with van der Waals surface area (Å²) in [6.07, 6.45) is 5.45. The molecule has 0 aromatic rings. The van der Waals surface area contributed by atoms with E-state index < -0.39 is 11.8 Å². The van der Waals surface area contributed by atoms with Gasteiger partial charge < -0.3 is 16.0 Å². The molecule has 5 nitrogen and oxygen atoms in total. The number of carbonyl (C=O) groups excluding carboxylic acids is 2. The van der Waals surface area contributed by atoms with Crippen LogP contribution >= 0.6 is 12.2 Å². The Morgan fingerprint density at radius 3 is 2.44 bits per heavy atom. The Kier molecular flexibility index (Phi) is 6.04. The SMILES string of the molecule is CCN(C(=O)C(=O)NCC(N)=S)C1CCCCC1. The second kappa shape index (κ2) is 7.31. The van der Waals surface area contributed by atoms with E-state index in [1.165, 1.54) is 6.42 Å². The molecule has 1 fully saturated rings. The molecular weight excluding hydrogens is 250 g/mol. The summed E-state index contributed by atoms with van der Waals surface area (Å²) in [5, 5.41) is 2.44. The van der Waals surface area contributed by atoms with Crippen LogP contribution in [0.25, 0.3) is 0 Å². The standard InChI is InChI=1S/C12H21N3O2S/c1-2-15(9-6-4-3-5-7-9)12(17)11(16)14-8-10(13)18/h9H,2-8H2,1H3,(H2,13,18)(H,14,16). The molecule has 102 valence electrons. The molecule has 2 amide bonds. The normalized spacial score (nSPS) is 16.1. The molecule has 1 aliphatic rings. The maximum Gasteiger partial charge on any atom is 0.312 e. The molecule has 1 rings (SSSR count). The molecule has 1 aliphatic carbocycles. The van der Waals surface area contributed by atoms with Gasteiger partial charge in [0.1, 0.15) is 0 Å². The maximum absolute atomic E-state index is 12.0. The topological polar surface area (TPSA) is 75.4 Å². The second-order valence-electron chi connectivity index (χ2n) is 4.53. The zero-order valence-electron chi connectivity index (χ0n) is 10.8. The third-order valence-electron chi connectivity index (χ3n) is 3.23. The average Bonchev–Trinajstić information content (AvgIpc) is 2.38. The summed E-state index contributed by atoms with van der Waals surface area (Å²) in [5.74, 6) is -1.09. The minimum absolute atomic E-state index is 0.0716. The van der Waals surface area contributed by atoms with Gasteiger partial charge in [0.25, 0.3) is 0 Å². The molecule has 0 spiro atoms. The summed E-state index contributed by atoms with van der Waals surface area (Å²) < 4.78 is 0. The van der Waals surface area contributed by atoms with Gasteiger partial charge >= 0.3 is 11.8 Å². The molecule has 0 aliphatic heterocycles. The molecule has 1 saturated carbocycles. The number of nitrogens with one attached hydrogen (secondary N) is 1. The van der Waals surface area contributed by atoms with E-state index in [9.17, 15) is 9.59 Å². The molecule has 0 unspecified atom stereocenters. The molecule has 6 heteroatoms. The second-order valence-corrected chi connectivity index (χ2v) is 5.06. The molecule has 0 saturated heterocycles. The number of rotatable bonds is 4. The lowest BCUT2D eigenvalue weighted by Gasteiger charge is -2.33. The van der Waals surface area contributed by atoms with Crippen molar-refractivity contribution in [1.29, 1.82) is 0 Å². The number of nitrogens with zero attached hydrogens (tertiary/aromatic N) is 1. The van der Waals surface area contributed by atoms with Crippen LogP contribution in [0.3, 0.4) is 0 Å². The number of thiocarbonyl (C=S) groups is 1. The zero-order valence-corrected chi connectivity index (χ0v) is 11.6. The maximum atomic E-state index is 12.0. The first-order valence-corrected chi connectivity index (χ1v) is 6.84. The quantitative estimate of drug-likeness (QED) is 0.579. The molecule has 0 atom stereocenters. The smallest absolute Gasteiger partial charge is 0.312 e. The van der Waals surface area contributed by atoms with E-state index in [4.69, 9.17) is 5.73 Å². The molecule has 0 aromatic heterocycles. The third kappa shape index (κ3) is 4.25. The van der Waals surface area contributed by atoms with Crippen LogP contribution in [0.1, 0.15) is 39.0 Å². The minimum Gasteiger partial charge on any atom is -0.392 e. The van der Waals surface area contributed by atoms with Crippen molar-refractivity contribution in [2.24, 2.45) is 5.73 Å². The van der Waals surface area contributed by atoms with Gasteiger partial charge in [-0.15, -0.1) is 0 Å². The van der Waals surface area contributed by atoms with E-state index in [0.29, 0.717) is 6.54 Å². The first-order valence-electron chi connectivity index (χ1n) is 6.43. The average molecular weight is 271 g/mol. The van der Waals surface area contributed by atoms with Gasteiger partial charge in [0, 0.05) is 12.6 Å². The van der Waals surface area contributed by atoms with Gasteiger partial charge in [0.15, 0.2) is 0 Å². The number of amides is 2. The fraction of sp³-hybridized carbons (Fsp3) is 0.750. The van der Waals surface area contributed by atoms with E-state index in [2.05, 4.69) is 17.5 Å². The molecule has 18 heavy (non-hydrogen) atoms. The fourth-order valence-corrected chi connectivity index (χ4v) is 2.41. The van der Waals surface area contributed by atoms with Gasteiger partial charge in [0.2, 0.25) is 0 Å². The van der Waals surface area contributed by atoms with Gasteiger partial charge in [-0.05, 0) is 19.8 Å². The number of hydrogen-bond donors (Lipinski definition) is 2. The molecule has 0 aromatic carbocycles. The van der Waals surface area contributed by atoms with E-state index in [1.807, 2.05) is 6.92 Å². The van der Waals surface area contributed by atoms with Crippen LogP contribution in [0.15, 0.2) is 0 Å².